The lowest BCUT2D eigenvalue weighted by Gasteiger charge is -2.33. The molecule has 8 aliphatic carbocycles. The number of aliphatic imine (C=N–C) groups is 1. The zero-order valence-corrected chi connectivity index (χ0v) is 16.0. The predicted octanol–water partition coefficient (Wildman–Crippen LogP) is 4.81. The van der Waals surface area contributed by atoms with Crippen LogP contribution in [0.15, 0.2) is 16.8 Å². The predicted molar refractivity (Wildman–Crippen MR) is 102 cm³/mol. The van der Waals surface area contributed by atoms with Gasteiger partial charge in [0, 0.05) is 17.5 Å². The summed E-state index contributed by atoms with van der Waals surface area (Å²) in [6, 6.07) is 1.43. The van der Waals surface area contributed by atoms with Crippen LogP contribution in [0.4, 0.5) is 0 Å². The van der Waals surface area contributed by atoms with Crippen molar-refractivity contribution in [1.29, 1.82) is 0 Å². The van der Waals surface area contributed by atoms with Crippen LogP contribution in [0, 0.1) is 47.3 Å². The van der Waals surface area contributed by atoms with E-state index in [1.54, 1.807) is 0 Å². The zero-order chi connectivity index (χ0) is 16.7. The van der Waals surface area contributed by atoms with Crippen molar-refractivity contribution in [3.05, 3.63) is 11.8 Å². The van der Waals surface area contributed by atoms with E-state index >= 15 is 0 Å². The van der Waals surface area contributed by atoms with Gasteiger partial charge in [0.15, 0.2) is 0 Å². The second-order valence-electron chi connectivity index (χ2n) is 10.7. The summed E-state index contributed by atoms with van der Waals surface area (Å²) in [5.74, 6) is 8.00. The minimum atomic E-state index is 0.658. The van der Waals surface area contributed by atoms with Gasteiger partial charge in [-0.25, -0.2) is 0 Å². The Hall–Kier alpha value is -0.790. The van der Waals surface area contributed by atoms with Gasteiger partial charge in [-0.2, -0.15) is 0 Å². The van der Waals surface area contributed by atoms with Gasteiger partial charge in [0.25, 0.3) is 0 Å². The van der Waals surface area contributed by atoms with Crippen molar-refractivity contribution < 1.29 is 0 Å². The lowest BCUT2D eigenvalue weighted by atomic mass is 9.79. The molecule has 0 aromatic rings. The maximum atomic E-state index is 5.25. The number of rotatable bonds is 4. The van der Waals surface area contributed by atoms with E-state index in [4.69, 9.17) is 4.99 Å². The number of allylic oxidation sites excluding steroid dienone is 2. The molecule has 0 spiro atoms. The van der Waals surface area contributed by atoms with E-state index in [-0.39, 0.29) is 0 Å². The Morgan fingerprint density at radius 2 is 1.40 bits per heavy atom. The van der Waals surface area contributed by atoms with Crippen molar-refractivity contribution in [1.82, 2.24) is 5.32 Å². The number of hydrogen-bond donors (Lipinski definition) is 1. The fraction of sp³-hybridized carbons (Fsp3) is 0.870. The van der Waals surface area contributed by atoms with Gasteiger partial charge in [0.05, 0.1) is 6.04 Å². The highest BCUT2D eigenvalue weighted by Crippen LogP contribution is 2.59. The first-order chi connectivity index (χ1) is 12.1. The lowest BCUT2D eigenvalue weighted by Crippen LogP contribution is -2.40. The summed E-state index contributed by atoms with van der Waals surface area (Å²) in [6.45, 7) is 4.53. The second-order valence-corrected chi connectivity index (χ2v) is 10.7. The number of nitrogens with one attached hydrogen (secondary N) is 1. The van der Waals surface area contributed by atoms with E-state index < -0.39 is 0 Å². The molecule has 8 rings (SSSR count). The molecule has 10 unspecified atom stereocenters. The van der Waals surface area contributed by atoms with Gasteiger partial charge in [-0.3, -0.25) is 4.99 Å². The Bertz CT molecular complexity index is 626. The molecule has 1 N–H and O–H groups in total. The van der Waals surface area contributed by atoms with Crippen LogP contribution in [0.2, 0.25) is 0 Å². The summed E-state index contributed by atoms with van der Waals surface area (Å²) in [4.78, 5) is 5.25. The molecule has 0 heterocycles. The number of hydrogen-bond acceptors (Lipinski definition) is 2. The van der Waals surface area contributed by atoms with E-state index in [1.807, 2.05) is 0 Å². The summed E-state index contributed by atoms with van der Waals surface area (Å²) >= 11 is 0. The molecule has 2 heteroatoms. The van der Waals surface area contributed by atoms with E-state index in [1.165, 1.54) is 62.8 Å². The third-order valence-corrected chi connectivity index (χ3v) is 9.24. The van der Waals surface area contributed by atoms with Crippen LogP contribution in [0.3, 0.4) is 0 Å². The van der Waals surface area contributed by atoms with E-state index in [0.717, 1.165) is 53.4 Å². The molecule has 0 aromatic heterocycles. The van der Waals surface area contributed by atoms with Crippen LogP contribution in [0.5, 0.6) is 0 Å². The Morgan fingerprint density at radius 3 is 2.16 bits per heavy atom. The van der Waals surface area contributed by atoms with Gasteiger partial charge in [0.1, 0.15) is 0 Å². The molecule has 2 nitrogen and oxygen atoms in total. The largest absolute Gasteiger partial charge is 0.385 e. The summed E-state index contributed by atoms with van der Waals surface area (Å²) in [6.07, 6.45) is 14.4. The molecular weight excluding hydrogens is 304 g/mol. The minimum absolute atomic E-state index is 0.658. The van der Waals surface area contributed by atoms with E-state index in [2.05, 4.69) is 25.2 Å². The highest BCUT2D eigenvalue weighted by molar-refractivity contribution is 5.93. The van der Waals surface area contributed by atoms with Crippen molar-refractivity contribution >= 4 is 5.71 Å². The van der Waals surface area contributed by atoms with Gasteiger partial charge in [0.2, 0.25) is 0 Å². The van der Waals surface area contributed by atoms with Crippen LogP contribution in [-0.2, 0) is 0 Å². The summed E-state index contributed by atoms with van der Waals surface area (Å²) in [5, 5.41) is 3.94. The molecule has 136 valence electrons. The molecule has 8 fully saturated rings. The molecule has 0 aromatic carbocycles. The molecule has 0 amide bonds. The Kier molecular flexibility index (Phi) is 3.28. The minimum Gasteiger partial charge on any atom is -0.385 e. The third kappa shape index (κ3) is 2.31. The monoisotopic (exact) mass is 338 g/mol. The van der Waals surface area contributed by atoms with E-state index in [0.29, 0.717) is 6.04 Å². The third-order valence-electron chi connectivity index (χ3n) is 9.24. The second kappa shape index (κ2) is 5.36. The smallest absolute Gasteiger partial charge is 0.0562 e. The molecule has 8 saturated carbocycles. The zero-order valence-electron chi connectivity index (χ0n) is 16.0. The molecular formula is C23H34N2. The first-order valence-corrected chi connectivity index (χ1v) is 11.1. The molecule has 0 aliphatic heterocycles. The molecule has 25 heavy (non-hydrogen) atoms. The van der Waals surface area contributed by atoms with E-state index in [9.17, 15) is 0 Å². The fourth-order valence-corrected chi connectivity index (χ4v) is 8.75. The van der Waals surface area contributed by atoms with Crippen LogP contribution >= 0.6 is 0 Å². The van der Waals surface area contributed by atoms with Crippen molar-refractivity contribution in [3.63, 3.8) is 0 Å². The van der Waals surface area contributed by atoms with Crippen LogP contribution in [0.1, 0.15) is 65.2 Å². The maximum absolute atomic E-state index is 5.25. The quantitative estimate of drug-likeness (QED) is 0.731. The molecule has 8 aliphatic rings. The van der Waals surface area contributed by atoms with Crippen molar-refractivity contribution in [2.24, 2.45) is 52.3 Å². The number of nitrogens with zero attached hydrogens (tertiary/aromatic N) is 1. The van der Waals surface area contributed by atoms with Gasteiger partial charge in [-0.15, -0.1) is 0 Å². The van der Waals surface area contributed by atoms with Gasteiger partial charge < -0.3 is 5.32 Å². The van der Waals surface area contributed by atoms with Crippen molar-refractivity contribution in [2.45, 2.75) is 77.3 Å². The molecule has 10 atom stereocenters. The average Bonchev–Trinajstić information content (AvgIpc) is 3.17. The first-order valence-electron chi connectivity index (χ1n) is 11.1. The Morgan fingerprint density at radius 1 is 0.760 bits per heavy atom. The van der Waals surface area contributed by atoms with Crippen molar-refractivity contribution in [2.75, 3.05) is 0 Å². The topological polar surface area (TPSA) is 24.4 Å². The summed E-state index contributed by atoms with van der Waals surface area (Å²) in [7, 11) is 0. The summed E-state index contributed by atoms with van der Waals surface area (Å²) in [5.41, 5.74) is 2.65. The lowest BCUT2D eigenvalue weighted by molar-refractivity contribution is 0.229. The van der Waals surface area contributed by atoms with Crippen LogP contribution < -0.4 is 5.32 Å². The highest BCUT2D eigenvalue weighted by Gasteiger charge is 2.54. The summed E-state index contributed by atoms with van der Waals surface area (Å²) < 4.78 is 0. The molecule has 0 radical (unpaired) electrons. The standard InChI is InChI=1S/C23H34N2/c1-12(24-22-18-6-14-4-16(10-18)20(22)8-14)3-13(2)25-23-19-7-15-5-17(11-19)21(23)9-15/h3,14-24H,4-11H2,1-2H3/b12-3-,25-13?. The van der Waals surface area contributed by atoms with Gasteiger partial charge in [-0.05, 0) is 119 Å². The van der Waals surface area contributed by atoms with Gasteiger partial charge in [-0.1, -0.05) is 0 Å². The normalized spacial score (nSPS) is 55.6. The van der Waals surface area contributed by atoms with Gasteiger partial charge >= 0.3 is 0 Å². The maximum Gasteiger partial charge on any atom is 0.0562 e. The Balaban J connectivity index is 1.15. The SMILES string of the molecule is CC(/C=C(/C)NC1C2CC3CC(C2)C1C3)=NC1C2CC3CC(C2)C1C3. The highest BCUT2D eigenvalue weighted by atomic mass is 15.0. The first kappa shape index (κ1) is 15.3. The van der Waals surface area contributed by atoms with Crippen LogP contribution in [0.25, 0.3) is 0 Å². The molecule has 8 bridgehead atoms. The average molecular weight is 339 g/mol. The Labute approximate surface area is 152 Å². The van der Waals surface area contributed by atoms with Crippen molar-refractivity contribution in [3.8, 4) is 0 Å². The van der Waals surface area contributed by atoms with Crippen LogP contribution in [-0.4, -0.2) is 17.8 Å². The molecule has 0 saturated heterocycles. The fourth-order valence-electron chi connectivity index (χ4n) is 8.75.